The molecule has 80 valence electrons. The fourth-order valence-corrected chi connectivity index (χ4v) is 1.10. The van der Waals surface area contributed by atoms with E-state index in [0.717, 1.165) is 12.7 Å². The number of carbonyl (C=O) groups excluding carboxylic acids is 2. The van der Waals surface area contributed by atoms with Crippen molar-refractivity contribution in [1.82, 2.24) is 5.32 Å². The minimum Gasteiger partial charge on any atom is -0.338 e. The number of aldehydes is 1. The molecule has 1 aromatic carbocycles. The molecule has 1 aromatic rings. The molecule has 2 N–H and O–H groups in total. The third-order valence-corrected chi connectivity index (χ3v) is 1.82. The van der Waals surface area contributed by atoms with Crippen molar-refractivity contribution in [2.75, 3.05) is 11.9 Å². The Morgan fingerprint density at radius 1 is 1.47 bits per heavy atom. The van der Waals surface area contributed by atoms with E-state index in [0.29, 0.717) is 17.8 Å². The second kappa shape index (κ2) is 5.80. The Morgan fingerprint density at radius 2 is 2.27 bits per heavy atom. The molecule has 0 radical (unpaired) electrons. The van der Waals surface area contributed by atoms with Crippen molar-refractivity contribution in [3.05, 3.63) is 29.8 Å². The molecule has 0 atom stereocenters. The van der Waals surface area contributed by atoms with Gasteiger partial charge in [-0.05, 0) is 18.6 Å². The first-order valence-electron chi connectivity index (χ1n) is 4.86. The second-order valence-electron chi connectivity index (χ2n) is 3.12. The van der Waals surface area contributed by atoms with Crippen LogP contribution in [0.3, 0.4) is 0 Å². The standard InChI is InChI=1S/C11H14N2O2/c1-2-6-12-11(15)13-10-5-3-4-9(7-10)8-14/h3-5,7-8H,2,6H2,1H3,(H2,12,13,15). The maximum Gasteiger partial charge on any atom is 0.319 e. The van der Waals surface area contributed by atoms with Crippen molar-refractivity contribution in [3.63, 3.8) is 0 Å². The number of amides is 2. The van der Waals surface area contributed by atoms with E-state index in [2.05, 4.69) is 10.6 Å². The number of benzene rings is 1. The van der Waals surface area contributed by atoms with Gasteiger partial charge in [-0.3, -0.25) is 4.79 Å². The van der Waals surface area contributed by atoms with Gasteiger partial charge in [0.05, 0.1) is 0 Å². The normalized spacial score (nSPS) is 9.40. The van der Waals surface area contributed by atoms with Crippen LogP contribution in [-0.4, -0.2) is 18.9 Å². The smallest absolute Gasteiger partial charge is 0.319 e. The first-order chi connectivity index (χ1) is 7.26. The van der Waals surface area contributed by atoms with E-state index >= 15 is 0 Å². The fraction of sp³-hybridized carbons (Fsp3) is 0.273. The molecule has 0 bridgehead atoms. The molecule has 0 aliphatic heterocycles. The Bertz CT molecular complexity index is 350. The maximum absolute atomic E-state index is 11.3. The van der Waals surface area contributed by atoms with Crippen LogP contribution in [0, 0.1) is 0 Å². The van der Waals surface area contributed by atoms with E-state index in [1.54, 1.807) is 24.3 Å². The minimum absolute atomic E-state index is 0.250. The average Bonchev–Trinajstić information content (AvgIpc) is 2.26. The van der Waals surface area contributed by atoms with E-state index in [-0.39, 0.29) is 6.03 Å². The molecule has 0 saturated heterocycles. The van der Waals surface area contributed by atoms with Crippen LogP contribution < -0.4 is 10.6 Å². The summed E-state index contributed by atoms with van der Waals surface area (Å²) >= 11 is 0. The maximum atomic E-state index is 11.3. The van der Waals surface area contributed by atoms with Crippen LogP contribution in [-0.2, 0) is 0 Å². The van der Waals surface area contributed by atoms with Crippen molar-refractivity contribution in [2.24, 2.45) is 0 Å². The molecule has 0 unspecified atom stereocenters. The molecule has 2 amide bonds. The highest BCUT2D eigenvalue weighted by molar-refractivity contribution is 5.90. The molecule has 0 spiro atoms. The molecule has 15 heavy (non-hydrogen) atoms. The predicted molar refractivity (Wildman–Crippen MR) is 59.1 cm³/mol. The van der Waals surface area contributed by atoms with Crippen LogP contribution in [0.1, 0.15) is 23.7 Å². The van der Waals surface area contributed by atoms with Crippen molar-refractivity contribution >= 4 is 18.0 Å². The van der Waals surface area contributed by atoms with Crippen molar-refractivity contribution in [2.45, 2.75) is 13.3 Å². The van der Waals surface area contributed by atoms with Gasteiger partial charge in [0.1, 0.15) is 6.29 Å². The summed E-state index contributed by atoms with van der Waals surface area (Å²) in [4.78, 5) is 21.7. The molecular formula is C11H14N2O2. The minimum atomic E-state index is -0.250. The Morgan fingerprint density at radius 3 is 2.93 bits per heavy atom. The summed E-state index contributed by atoms with van der Waals surface area (Å²) in [7, 11) is 0. The quantitative estimate of drug-likeness (QED) is 0.740. The van der Waals surface area contributed by atoms with Crippen molar-refractivity contribution in [3.8, 4) is 0 Å². The molecule has 0 aromatic heterocycles. The first kappa shape index (κ1) is 11.2. The van der Waals surface area contributed by atoms with Crippen LogP contribution in [0.4, 0.5) is 10.5 Å². The van der Waals surface area contributed by atoms with Gasteiger partial charge < -0.3 is 10.6 Å². The number of anilines is 1. The van der Waals surface area contributed by atoms with Crippen LogP contribution in [0.5, 0.6) is 0 Å². The third-order valence-electron chi connectivity index (χ3n) is 1.82. The molecule has 0 fully saturated rings. The van der Waals surface area contributed by atoms with E-state index < -0.39 is 0 Å². The summed E-state index contributed by atoms with van der Waals surface area (Å²) < 4.78 is 0. The lowest BCUT2D eigenvalue weighted by Gasteiger charge is -2.06. The van der Waals surface area contributed by atoms with Gasteiger partial charge in [0, 0.05) is 17.8 Å². The number of urea groups is 1. The van der Waals surface area contributed by atoms with E-state index in [1.807, 2.05) is 6.92 Å². The van der Waals surface area contributed by atoms with Gasteiger partial charge in [-0.15, -0.1) is 0 Å². The fourth-order valence-electron chi connectivity index (χ4n) is 1.10. The van der Waals surface area contributed by atoms with Gasteiger partial charge in [0.15, 0.2) is 0 Å². The highest BCUT2D eigenvalue weighted by atomic mass is 16.2. The molecule has 4 heteroatoms. The zero-order valence-corrected chi connectivity index (χ0v) is 8.62. The molecule has 0 aliphatic rings. The lowest BCUT2D eigenvalue weighted by molar-refractivity contribution is 0.112. The zero-order chi connectivity index (χ0) is 11.1. The number of hydrogen-bond donors (Lipinski definition) is 2. The lowest BCUT2D eigenvalue weighted by atomic mass is 10.2. The van der Waals surface area contributed by atoms with Crippen LogP contribution in [0.2, 0.25) is 0 Å². The third kappa shape index (κ3) is 3.81. The largest absolute Gasteiger partial charge is 0.338 e. The monoisotopic (exact) mass is 206 g/mol. The molecule has 0 heterocycles. The average molecular weight is 206 g/mol. The summed E-state index contributed by atoms with van der Waals surface area (Å²) in [6, 6.07) is 6.51. The second-order valence-corrected chi connectivity index (χ2v) is 3.12. The molecule has 4 nitrogen and oxygen atoms in total. The Labute approximate surface area is 88.7 Å². The topological polar surface area (TPSA) is 58.2 Å². The summed E-state index contributed by atoms with van der Waals surface area (Å²) in [5.74, 6) is 0. The van der Waals surface area contributed by atoms with Gasteiger partial charge in [-0.1, -0.05) is 19.1 Å². The molecular weight excluding hydrogens is 192 g/mol. The van der Waals surface area contributed by atoms with E-state index in [9.17, 15) is 9.59 Å². The van der Waals surface area contributed by atoms with Gasteiger partial charge in [0.2, 0.25) is 0 Å². The SMILES string of the molecule is CCCNC(=O)Nc1cccc(C=O)c1. The van der Waals surface area contributed by atoms with E-state index in [1.165, 1.54) is 0 Å². The zero-order valence-electron chi connectivity index (χ0n) is 8.62. The van der Waals surface area contributed by atoms with Gasteiger partial charge in [-0.25, -0.2) is 4.79 Å². The Balaban J connectivity index is 2.56. The highest BCUT2D eigenvalue weighted by Crippen LogP contribution is 2.08. The Kier molecular flexibility index (Phi) is 4.34. The first-order valence-corrected chi connectivity index (χ1v) is 4.86. The summed E-state index contributed by atoms with van der Waals surface area (Å²) in [6.07, 6.45) is 1.64. The Hall–Kier alpha value is -1.84. The molecule has 0 aliphatic carbocycles. The summed E-state index contributed by atoms with van der Waals surface area (Å²) in [5.41, 5.74) is 1.16. The number of hydrogen-bond acceptors (Lipinski definition) is 2. The van der Waals surface area contributed by atoms with Crippen LogP contribution in [0.15, 0.2) is 24.3 Å². The predicted octanol–water partition coefficient (Wildman–Crippen LogP) is 2.03. The highest BCUT2D eigenvalue weighted by Gasteiger charge is 2.00. The summed E-state index contributed by atoms with van der Waals surface area (Å²) in [5, 5.41) is 5.32. The van der Waals surface area contributed by atoms with Crippen molar-refractivity contribution < 1.29 is 9.59 Å². The van der Waals surface area contributed by atoms with E-state index in [4.69, 9.17) is 0 Å². The number of rotatable bonds is 4. The van der Waals surface area contributed by atoms with Crippen LogP contribution in [0.25, 0.3) is 0 Å². The molecule has 0 saturated carbocycles. The molecule has 1 rings (SSSR count). The lowest BCUT2D eigenvalue weighted by Crippen LogP contribution is -2.29. The number of nitrogens with one attached hydrogen (secondary N) is 2. The van der Waals surface area contributed by atoms with Gasteiger partial charge >= 0.3 is 6.03 Å². The summed E-state index contributed by atoms with van der Waals surface area (Å²) in [6.45, 7) is 2.62. The number of carbonyl (C=O) groups is 2. The van der Waals surface area contributed by atoms with Gasteiger partial charge in [0.25, 0.3) is 0 Å². The van der Waals surface area contributed by atoms with Crippen LogP contribution >= 0.6 is 0 Å². The van der Waals surface area contributed by atoms with Gasteiger partial charge in [-0.2, -0.15) is 0 Å². The van der Waals surface area contributed by atoms with Crippen molar-refractivity contribution in [1.29, 1.82) is 0 Å².